The first kappa shape index (κ1) is 70.0. The van der Waals surface area contributed by atoms with Crippen molar-refractivity contribution in [2.24, 2.45) is 0 Å². The number of esters is 2. The van der Waals surface area contributed by atoms with E-state index in [9.17, 15) is 38.4 Å². The molecular formula is C48H87LiN6O13. The third-order valence-electron chi connectivity index (χ3n) is 10.1. The topological polar surface area (TPSA) is 298 Å². The molecule has 0 aliphatic heterocycles. The fourth-order valence-corrected chi connectivity index (χ4v) is 6.22. The van der Waals surface area contributed by atoms with Crippen LogP contribution in [0, 0.1) is 0 Å². The fraction of sp³-hybridized carbons (Fsp3) is 0.750. The molecule has 0 aliphatic carbocycles. The van der Waals surface area contributed by atoms with Crippen LogP contribution in [0.25, 0.3) is 0 Å². The second kappa shape index (κ2) is 51.8. The number of hydrogen-bond donors (Lipinski definition) is 8. The number of carboxylic acids is 2. The first-order valence-corrected chi connectivity index (χ1v) is 24.3. The average Bonchev–Trinajstić information content (AvgIpc) is 3.28. The van der Waals surface area contributed by atoms with Crippen LogP contribution in [-0.4, -0.2) is 116 Å². The maximum Gasteiger partial charge on any atom is 1.00 e. The number of ether oxygens (including phenoxy) is 2. The van der Waals surface area contributed by atoms with Crippen LogP contribution in [0.4, 0.5) is 9.59 Å². The van der Waals surface area contributed by atoms with Crippen LogP contribution in [0.2, 0.25) is 0 Å². The maximum absolute atomic E-state index is 12.0. The molecule has 0 saturated heterocycles. The van der Waals surface area contributed by atoms with Crippen molar-refractivity contribution in [2.45, 2.75) is 193 Å². The van der Waals surface area contributed by atoms with Crippen molar-refractivity contribution >= 4 is 47.8 Å². The van der Waals surface area contributed by atoms with Crippen molar-refractivity contribution < 1.29 is 82.4 Å². The van der Waals surface area contributed by atoms with Gasteiger partial charge in [0.05, 0.1) is 27.1 Å². The van der Waals surface area contributed by atoms with Gasteiger partial charge in [-0.2, -0.15) is 0 Å². The Balaban J connectivity index is -0.000000586. The van der Waals surface area contributed by atoms with E-state index in [-0.39, 0.29) is 55.1 Å². The van der Waals surface area contributed by atoms with Gasteiger partial charge in [-0.15, -0.1) is 0 Å². The van der Waals surface area contributed by atoms with E-state index in [0.717, 1.165) is 148 Å². The number of hydrogen-bond acceptors (Lipinski definition) is 11. The molecule has 0 aromatic heterocycles. The number of nitrogens with one attached hydrogen (secondary N) is 6. The van der Waals surface area contributed by atoms with E-state index in [2.05, 4.69) is 79.5 Å². The smallest absolute Gasteiger partial charge is 0.870 e. The van der Waals surface area contributed by atoms with Crippen LogP contribution in [0.1, 0.15) is 181 Å². The van der Waals surface area contributed by atoms with E-state index in [1.807, 2.05) is 0 Å². The number of rotatable bonds is 40. The number of urea groups is 2. The molecule has 2 unspecified atom stereocenters. The van der Waals surface area contributed by atoms with Crippen molar-refractivity contribution in [3.05, 3.63) is 24.3 Å². The van der Waals surface area contributed by atoms with Gasteiger partial charge in [0.15, 0.2) is 0 Å². The molecule has 19 nitrogen and oxygen atoms in total. The fourth-order valence-electron chi connectivity index (χ4n) is 6.22. The van der Waals surface area contributed by atoms with Gasteiger partial charge in [0.1, 0.15) is 12.1 Å². The van der Waals surface area contributed by atoms with Crippen molar-refractivity contribution in [1.29, 1.82) is 0 Å². The molecule has 9 N–H and O–H groups in total. The molecule has 0 bridgehead atoms. The summed E-state index contributed by atoms with van der Waals surface area (Å²) in [5.74, 6) is -4.55. The number of unbranched alkanes of at least 4 members (excludes halogenated alkanes) is 16. The Bertz CT molecular complexity index is 1400. The van der Waals surface area contributed by atoms with Crippen LogP contribution in [-0.2, 0) is 38.2 Å². The third-order valence-corrected chi connectivity index (χ3v) is 10.1. The Morgan fingerprint density at radius 3 is 1.16 bits per heavy atom. The molecule has 388 valence electrons. The Hall–Kier alpha value is -4.60. The summed E-state index contributed by atoms with van der Waals surface area (Å²) in [6.07, 6.45) is 30.1. The van der Waals surface area contributed by atoms with E-state index in [1.165, 1.54) is 14.2 Å². The molecule has 0 aromatic rings. The zero-order valence-corrected chi connectivity index (χ0v) is 42.1. The van der Waals surface area contributed by atoms with E-state index < -0.39 is 48.3 Å². The maximum atomic E-state index is 12.0. The van der Waals surface area contributed by atoms with Crippen LogP contribution < -0.4 is 50.8 Å². The molecule has 0 fully saturated rings. The summed E-state index contributed by atoms with van der Waals surface area (Å²) in [5, 5.41) is 33.8. The van der Waals surface area contributed by atoms with E-state index >= 15 is 0 Å². The molecule has 20 heteroatoms. The second-order valence-electron chi connectivity index (χ2n) is 16.1. The summed E-state index contributed by atoms with van der Waals surface area (Å²) in [5.41, 5.74) is 0. The largest absolute Gasteiger partial charge is 1.00 e. The molecular weight excluding hydrogens is 875 g/mol. The Kier molecular flexibility index (Phi) is 53.3. The summed E-state index contributed by atoms with van der Waals surface area (Å²) in [6, 6.07) is -2.56. The minimum absolute atomic E-state index is 0. The molecule has 2 atom stereocenters. The van der Waals surface area contributed by atoms with Crippen molar-refractivity contribution in [2.75, 3.05) is 40.4 Å². The number of carbonyl (C=O) groups excluding carboxylic acids is 6. The zero-order chi connectivity index (χ0) is 49.5. The zero-order valence-electron chi connectivity index (χ0n) is 42.1. The van der Waals surface area contributed by atoms with Crippen molar-refractivity contribution in [3.8, 4) is 0 Å². The minimum Gasteiger partial charge on any atom is -0.870 e. The van der Waals surface area contributed by atoms with E-state index in [4.69, 9.17) is 10.2 Å². The number of allylic oxidation sites excluding steroid dienone is 4. The predicted molar refractivity (Wildman–Crippen MR) is 258 cm³/mol. The molecule has 0 spiro atoms. The molecule has 0 aliphatic rings. The molecule has 6 amide bonds. The van der Waals surface area contributed by atoms with Crippen molar-refractivity contribution in [1.82, 2.24) is 31.9 Å². The summed E-state index contributed by atoms with van der Waals surface area (Å²) in [4.78, 5) is 91.4. The SMILES string of the molecule is CCCCCNC(=O)NCCCC/C=C\CCCCCCC(=O)NC(CC(=O)O)C(=O)O.CCCCCNC(=O)NCCCC/C=C\CCCCCCC(=O)NC(CC(=O)OC)C(=O)OC.[Li+].[OH-]. The minimum atomic E-state index is -1.38. The summed E-state index contributed by atoms with van der Waals surface area (Å²) in [6.45, 7) is 7.12. The van der Waals surface area contributed by atoms with Crippen LogP contribution in [0.5, 0.6) is 0 Å². The van der Waals surface area contributed by atoms with Gasteiger partial charge in [-0.3, -0.25) is 19.2 Å². The van der Waals surface area contributed by atoms with Gasteiger partial charge in [0.25, 0.3) is 0 Å². The monoisotopic (exact) mass is 963 g/mol. The molecule has 0 saturated carbocycles. The number of carboxylic acid groups (broad SMARTS) is 2. The first-order chi connectivity index (χ1) is 31.8. The predicted octanol–water partition coefficient (Wildman–Crippen LogP) is 4.18. The molecule has 0 heterocycles. The molecule has 68 heavy (non-hydrogen) atoms. The Morgan fingerprint density at radius 2 is 0.824 bits per heavy atom. The van der Waals surface area contributed by atoms with Gasteiger partial charge in [0, 0.05) is 39.0 Å². The number of amides is 6. The Morgan fingerprint density at radius 1 is 0.471 bits per heavy atom. The summed E-state index contributed by atoms with van der Waals surface area (Å²) in [7, 11) is 2.44. The average molecular weight is 963 g/mol. The first-order valence-electron chi connectivity index (χ1n) is 24.3. The van der Waals surface area contributed by atoms with Gasteiger partial charge in [-0.25, -0.2) is 19.2 Å². The van der Waals surface area contributed by atoms with Crippen LogP contribution in [0.15, 0.2) is 24.3 Å². The van der Waals surface area contributed by atoms with E-state index in [0.29, 0.717) is 25.9 Å². The molecule has 0 radical (unpaired) electrons. The quantitative estimate of drug-likeness (QED) is 0.0185. The number of carbonyl (C=O) groups is 8. The third kappa shape index (κ3) is 49.3. The van der Waals surface area contributed by atoms with Gasteiger partial charge in [-0.05, 0) is 89.9 Å². The second-order valence-corrected chi connectivity index (χ2v) is 16.1. The van der Waals surface area contributed by atoms with Crippen molar-refractivity contribution in [3.63, 3.8) is 0 Å². The van der Waals surface area contributed by atoms with E-state index in [1.54, 1.807) is 0 Å². The molecule has 0 aromatic carbocycles. The molecule has 0 rings (SSSR count). The Labute approximate surface area is 418 Å². The standard InChI is InChI=1S/C25H45N3O6.C23H41N3O6.Li.H2O/c1-4-5-15-18-26-25(32)27-19-16-13-11-9-7-6-8-10-12-14-17-22(29)28-21(24(31)34-3)20-23(30)33-2;1-2-3-13-16-24-23(32)25-17-14-11-9-7-5-4-6-8-10-12-15-20(27)26-19(22(30)31)18-21(28)29;;/h7,9,21H,4-6,8,10-20H2,1-3H3,(H,28,29)(H2,26,27,32);5,7,19H,2-4,6,8-18H2,1H3,(H,26,27)(H,28,29)(H,30,31)(H2,24,25,32);;1H2/q;;+1;/p-1/b9-7-;7-5-;;. The van der Waals surface area contributed by atoms with Gasteiger partial charge < -0.3 is 57.1 Å². The number of methoxy groups -OCH3 is 2. The normalized spacial score (nSPS) is 11.4. The van der Waals surface area contributed by atoms with Gasteiger partial charge in [-0.1, -0.05) is 89.5 Å². The van der Waals surface area contributed by atoms with Crippen LogP contribution in [0.3, 0.4) is 0 Å². The van der Waals surface area contributed by atoms with Gasteiger partial charge >= 0.3 is 54.8 Å². The number of aliphatic carboxylic acids is 2. The van der Waals surface area contributed by atoms with Crippen LogP contribution >= 0.6 is 0 Å². The summed E-state index contributed by atoms with van der Waals surface area (Å²) < 4.78 is 9.16. The summed E-state index contributed by atoms with van der Waals surface area (Å²) >= 11 is 0. The van der Waals surface area contributed by atoms with Gasteiger partial charge in [0.2, 0.25) is 11.8 Å².